The molecule has 1 amide bonds. The van der Waals surface area contributed by atoms with Gasteiger partial charge in [-0.2, -0.15) is 0 Å². The lowest BCUT2D eigenvalue weighted by molar-refractivity contribution is -0.120. The van der Waals surface area contributed by atoms with Gasteiger partial charge in [0.2, 0.25) is 11.9 Å². The molecule has 2 aromatic heterocycles. The summed E-state index contributed by atoms with van der Waals surface area (Å²) in [6.45, 7) is 3.67. The predicted molar refractivity (Wildman–Crippen MR) is 124 cm³/mol. The third kappa shape index (κ3) is 4.36. The number of hydrogen-bond acceptors (Lipinski definition) is 7. The number of hydrogen-bond donors (Lipinski definition) is 1. The average molecular weight is 447 g/mol. The van der Waals surface area contributed by atoms with Crippen molar-refractivity contribution in [2.24, 2.45) is 12.5 Å². The fourth-order valence-corrected chi connectivity index (χ4v) is 3.89. The quantitative estimate of drug-likeness (QED) is 0.643. The molecule has 3 aromatic rings. The molecule has 2 aliphatic rings. The van der Waals surface area contributed by atoms with Crippen molar-refractivity contribution in [3.63, 3.8) is 0 Å². The highest BCUT2D eigenvalue weighted by Gasteiger charge is 2.44. The second-order valence-electron chi connectivity index (χ2n) is 8.88. The summed E-state index contributed by atoms with van der Waals surface area (Å²) in [6.07, 6.45) is 4.78. The van der Waals surface area contributed by atoms with E-state index in [1.807, 2.05) is 31.2 Å². The highest BCUT2D eigenvalue weighted by atomic mass is 16.5. The number of anilines is 2. The van der Waals surface area contributed by atoms with Crippen molar-refractivity contribution in [1.82, 2.24) is 19.5 Å². The summed E-state index contributed by atoms with van der Waals surface area (Å²) >= 11 is 0. The van der Waals surface area contributed by atoms with Crippen molar-refractivity contribution >= 4 is 17.5 Å². The van der Waals surface area contributed by atoms with E-state index in [1.165, 1.54) is 12.4 Å². The fraction of sp³-hybridized carbons (Fsp3) is 0.375. The van der Waals surface area contributed by atoms with Crippen LogP contribution in [0.1, 0.15) is 31.4 Å². The molecule has 2 fully saturated rings. The molecular formula is C24H26N6O3. The van der Waals surface area contributed by atoms with Crippen LogP contribution < -0.4 is 15.8 Å². The molecule has 1 N–H and O–H groups in total. The molecule has 1 aliphatic heterocycles. The van der Waals surface area contributed by atoms with E-state index in [2.05, 4.69) is 20.2 Å². The topological polar surface area (TPSA) is 102 Å². The SMILES string of the molecule is Cn1c(N2CCO[C@@H](c3ccc(NC(=O)C4(C)CC4)cc3)C2)nc(-c2ccncn2)cc1=O. The zero-order valence-electron chi connectivity index (χ0n) is 18.7. The Morgan fingerprint density at radius 1 is 1.18 bits per heavy atom. The van der Waals surface area contributed by atoms with Crippen LogP contribution in [-0.2, 0) is 16.6 Å². The number of nitrogens with zero attached hydrogens (tertiary/aromatic N) is 5. The predicted octanol–water partition coefficient (Wildman–Crippen LogP) is 2.55. The maximum absolute atomic E-state index is 12.6. The number of morpholine rings is 1. The van der Waals surface area contributed by atoms with E-state index in [0.29, 0.717) is 37.0 Å². The van der Waals surface area contributed by atoms with Crippen molar-refractivity contribution in [2.75, 3.05) is 29.9 Å². The molecule has 0 unspecified atom stereocenters. The van der Waals surface area contributed by atoms with Gasteiger partial charge in [-0.05, 0) is 36.6 Å². The van der Waals surface area contributed by atoms with Crippen molar-refractivity contribution in [1.29, 1.82) is 0 Å². The molecule has 1 aromatic carbocycles. The number of benzene rings is 1. The van der Waals surface area contributed by atoms with Crippen LogP contribution in [0.5, 0.6) is 0 Å². The Balaban J connectivity index is 1.34. The minimum atomic E-state index is -0.213. The van der Waals surface area contributed by atoms with Gasteiger partial charge >= 0.3 is 0 Å². The Labute approximate surface area is 191 Å². The van der Waals surface area contributed by atoms with Crippen molar-refractivity contribution in [3.8, 4) is 11.4 Å². The minimum Gasteiger partial charge on any atom is -0.370 e. The van der Waals surface area contributed by atoms with Gasteiger partial charge < -0.3 is 15.0 Å². The van der Waals surface area contributed by atoms with Gasteiger partial charge in [-0.1, -0.05) is 19.1 Å². The number of carbonyl (C=O) groups is 1. The number of ether oxygens (including phenoxy) is 1. The van der Waals surface area contributed by atoms with E-state index in [-0.39, 0.29) is 23.0 Å². The van der Waals surface area contributed by atoms with Crippen molar-refractivity contribution < 1.29 is 9.53 Å². The van der Waals surface area contributed by atoms with E-state index in [0.717, 1.165) is 24.1 Å². The van der Waals surface area contributed by atoms with Crippen molar-refractivity contribution in [3.05, 3.63) is 64.8 Å². The first-order valence-corrected chi connectivity index (χ1v) is 11.1. The van der Waals surface area contributed by atoms with E-state index >= 15 is 0 Å². The van der Waals surface area contributed by atoms with Crippen LogP contribution in [0.3, 0.4) is 0 Å². The lowest BCUT2D eigenvalue weighted by atomic mass is 10.1. The third-order valence-corrected chi connectivity index (χ3v) is 6.39. The summed E-state index contributed by atoms with van der Waals surface area (Å²) in [5, 5.41) is 3.00. The smallest absolute Gasteiger partial charge is 0.255 e. The molecule has 1 saturated heterocycles. The van der Waals surface area contributed by atoms with Crippen LogP contribution in [0.15, 0.2) is 53.7 Å². The molecule has 1 atom stereocenters. The molecular weight excluding hydrogens is 420 g/mol. The fourth-order valence-electron chi connectivity index (χ4n) is 3.89. The minimum absolute atomic E-state index is 0.0749. The van der Waals surface area contributed by atoms with E-state index in [1.54, 1.807) is 23.9 Å². The van der Waals surface area contributed by atoms with Crippen LogP contribution in [-0.4, -0.2) is 45.1 Å². The first kappa shape index (κ1) is 21.3. The summed E-state index contributed by atoms with van der Waals surface area (Å²) in [5.41, 5.74) is 2.54. The zero-order chi connectivity index (χ0) is 23.0. The molecule has 0 bridgehead atoms. The highest BCUT2D eigenvalue weighted by molar-refractivity contribution is 5.96. The van der Waals surface area contributed by atoms with Gasteiger partial charge in [0.05, 0.1) is 24.5 Å². The van der Waals surface area contributed by atoms with E-state index in [9.17, 15) is 9.59 Å². The Morgan fingerprint density at radius 2 is 1.97 bits per heavy atom. The van der Waals surface area contributed by atoms with Crippen LogP contribution in [0.2, 0.25) is 0 Å². The number of carbonyl (C=O) groups excluding carboxylic acids is 1. The van der Waals surface area contributed by atoms with Gasteiger partial charge in [-0.15, -0.1) is 0 Å². The van der Waals surface area contributed by atoms with Gasteiger partial charge in [0.1, 0.15) is 12.4 Å². The zero-order valence-corrected chi connectivity index (χ0v) is 18.7. The normalized spacial score (nSPS) is 19.2. The largest absolute Gasteiger partial charge is 0.370 e. The molecule has 0 spiro atoms. The van der Waals surface area contributed by atoms with Gasteiger partial charge in [0, 0.05) is 37.0 Å². The maximum Gasteiger partial charge on any atom is 0.255 e. The van der Waals surface area contributed by atoms with E-state index in [4.69, 9.17) is 9.72 Å². The first-order chi connectivity index (χ1) is 15.9. The van der Waals surface area contributed by atoms with Gasteiger partial charge in [-0.3, -0.25) is 14.2 Å². The molecule has 170 valence electrons. The van der Waals surface area contributed by atoms with Crippen LogP contribution in [0.4, 0.5) is 11.6 Å². The average Bonchev–Trinajstić information content (AvgIpc) is 3.60. The van der Waals surface area contributed by atoms with Crippen LogP contribution in [0.25, 0.3) is 11.4 Å². The van der Waals surface area contributed by atoms with E-state index < -0.39 is 0 Å². The van der Waals surface area contributed by atoms with Gasteiger partial charge in [0.15, 0.2) is 0 Å². The molecule has 1 aliphatic carbocycles. The van der Waals surface area contributed by atoms with Gasteiger partial charge in [0.25, 0.3) is 5.56 Å². The number of aromatic nitrogens is 4. The lowest BCUT2D eigenvalue weighted by Gasteiger charge is -2.34. The number of amides is 1. The second-order valence-corrected chi connectivity index (χ2v) is 8.88. The first-order valence-electron chi connectivity index (χ1n) is 11.1. The third-order valence-electron chi connectivity index (χ3n) is 6.39. The molecule has 1 saturated carbocycles. The van der Waals surface area contributed by atoms with Gasteiger partial charge in [-0.25, -0.2) is 15.0 Å². The molecule has 3 heterocycles. The Morgan fingerprint density at radius 3 is 2.67 bits per heavy atom. The Hall–Kier alpha value is -3.59. The number of nitrogens with one attached hydrogen (secondary N) is 1. The molecule has 0 radical (unpaired) electrons. The molecule has 5 rings (SSSR count). The summed E-state index contributed by atoms with van der Waals surface area (Å²) in [7, 11) is 1.72. The van der Waals surface area contributed by atoms with Crippen LogP contribution in [0, 0.1) is 5.41 Å². The summed E-state index contributed by atoms with van der Waals surface area (Å²) in [4.78, 5) is 39.8. The highest BCUT2D eigenvalue weighted by Crippen LogP contribution is 2.45. The molecule has 9 nitrogen and oxygen atoms in total. The summed E-state index contributed by atoms with van der Waals surface area (Å²) in [5.74, 6) is 0.650. The van der Waals surface area contributed by atoms with Crippen LogP contribution >= 0.6 is 0 Å². The lowest BCUT2D eigenvalue weighted by Crippen LogP contribution is -2.41. The number of rotatable bonds is 5. The standard InChI is InChI=1S/C24H26N6O3/c1-24(8-9-24)22(32)27-17-5-3-16(4-6-17)20-14-30(11-12-33-20)23-28-19(13-21(31)29(23)2)18-7-10-25-15-26-18/h3-7,10,13,15,20H,8-9,11-12,14H2,1-2H3,(H,27,32)/t20-/m1/s1. The second kappa shape index (κ2) is 8.40. The molecule has 33 heavy (non-hydrogen) atoms. The summed E-state index contributed by atoms with van der Waals surface area (Å²) in [6, 6.07) is 11.0. The Bertz CT molecular complexity index is 1220. The Kier molecular flexibility index (Phi) is 5.41. The monoisotopic (exact) mass is 446 g/mol. The maximum atomic E-state index is 12.6. The van der Waals surface area contributed by atoms with Crippen molar-refractivity contribution in [2.45, 2.75) is 25.9 Å². The molecule has 9 heteroatoms. The summed E-state index contributed by atoms with van der Waals surface area (Å²) < 4.78 is 7.57.